The fourth-order valence-corrected chi connectivity index (χ4v) is 2.14. The number of aromatic amines is 1. The van der Waals surface area contributed by atoms with Crippen molar-refractivity contribution in [1.82, 2.24) is 10.2 Å². The predicted octanol–water partition coefficient (Wildman–Crippen LogP) is 0.567. The highest BCUT2D eigenvalue weighted by Crippen LogP contribution is 2.18. The second-order valence-electron chi connectivity index (χ2n) is 4.43. The summed E-state index contributed by atoms with van der Waals surface area (Å²) in [4.78, 5) is 11.5. The van der Waals surface area contributed by atoms with Crippen molar-refractivity contribution in [2.24, 2.45) is 11.1 Å². The molecule has 1 unspecified atom stereocenters. The zero-order chi connectivity index (χ0) is 14.1. The molecule has 0 aliphatic heterocycles. The number of sulfonamides is 1. The van der Waals surface area contributed by atoms with E-state index >= 15 is 0 Å². The summed E-state index contributed by atoms with van der Waals surface area (Å²) in [6, 6.07) is 0. The summed E-state index contributed by atoms with van der Waals surface area (Å²) in [5.41, 5.74) is -0.0934. The Balaban J connectivity index is 3.09. The summed E-state index contributed by atoms with van der Waals surface area (Å²) >= 11 is 0. The van der Waals surface area contributed by atoms with E-state index in [4.69, 9.17) is 9.88 Å². The number of rotatable bonds is 4. The van der Waals surface area contributed by atoms with Crippen molar-refractivity contribution in [2.45, 2.75) is 38.7 Å². The van der Waals surface area contributed by atoms with Crippen LogP contribution in [0, 0.1) is 12.8 Å². The molecule has 0 aliphatic carbocycles. The molecule has 7 nitrogen and oxygen atoms in total. The van der Waals surface area contributed by atoms with Gasteiger partial charge in [-0.3, -0.25) is 5.10 Å². The molecule has 1 aromatic rings. The zero-order valence-electron chi connectivity index (χ0n) is 10.7. The Kier molecular flexibility index (Phi) is 4.12. The first-order valence-electron chi connectivity index (χ1n) is 5.43. The number of nitrogens with zero attached hydrogens (tertiary/aromatic N) is 1. The molecule has 0 aliphatic rings. The van der Waals surface area contributed by atoms with Crippen molar-refractivity contribution in [3.05, 3.63) is 11.4 Å². The van der Waals surface area contributed by atoms with Crippen LogP contribution in [0.4, 0.5) is 0 Å². The molecular weight excluding hydrogens is 258 g/mol. The van der Waals surface area contributed by atoms with E-state index in [1.54, 1.807) is 6.92 Å². The van der Waals surface area contributed by atoms with Crippen LogP contribution in [-0.4, -0.2) is 30.7 Å². The summed E-state index contributed by atoms with van der Waals surface area (Å²) in [5.74, 6) is -0.684. The van der Waals surface area contributed by atoms with E-state index in [2.05, 4.69) is 10.2 Å². The van der Waals surface area contributed by atoms with Crippen molar-refractivity contribution in [3.8, 4) is 0 Å². The first-order valence-corrected chi connectivity index (χ1v) is 6.98. The Morgan fingerprint density at radius 1 is 1.39 bits per heavy atom. The number of hydrogen-bond acceptors (Lipinski definition) is 5. The van der Waals surface area contributed by atoms with Gasteiger partial charge < -0.3 is 4.74 Å². The second kappa shape index (κ2) is 5.07. The number of aromatic nitrogens is 2. The van der Waals surface area contributed by atoms with E-state index in [9.17, 15) is 13.2 Å². The van der Waals surface area contributed by atoms with E-state index in [0.717, 1.165) is 0 Å². The van der Waals surface area contributed by atoms with Gasteiger partial charge in [0.25, 0.3) is 0 Å². The maximum absolute atomic E-state index is 11.8. The first-order chi connectivity index (χ1) is 8.14. The van der Waals surface area contributed by atoms with Crippen molar-refractivity contribution in [2.75, 3.05) is 0 Å². The molecule has 1 aromatic heterocycles. The molecule has 1 atom stereocenters. The average Bonchev–Trinajstić information content (AvgIpc) is 2.59. The molecule has 0 saturated carbocycles. The van der Waals surface area contributed by atoms with Gasteiger partial charge in [0.2, 0.25) is 10.0 Å². The molecule has 102 valence electrons. The lowest BCUT2D eigenvalue weighted by Gasteiger charge is -2.15. The number of nitrogens with one attached hydrogen (secondary N) is 1. The van der Waals surface area contributed by atoms with Crippen LogP contribution in [0.25, 0.3) is 0 Å². The number of H-pyrrole nitrogens is 1. The minimum Gasteiger partial charge on any atom is -0.458 e. The Hall–Kier alpha value is -1.41. The summed E-state index contributed by atoms with van der Waals surface area (Å²) in [6.45, 7) is 6.96. The van der Waals surface area contributed by atoms with Gasteiger partial charge in [0.1, 0.15) is 11.0 Å². The number of aryl methyl sites for hydroxylation is 1. The van der Waals surface area contributed by atoms with Gasteiger partial charge in [-0.1, -0.05) is 13.8 Å². The molecule has 1 heterocycles. The molecule has 1 rings (SSSR count). The number of nitrogens with two attached hydrogens (primary N) is 1. The number of primary sulfonamides is 1. The molecule has 0 radical (unpaired) electrons. The quantitative estimate of drug-likeness (QED) is 0.779. The van der Waals surface area contributed by atoms with Crippen LogP contribution in [0.15, 0.2) is 4.90 Å². The van der Waals surface area contributed by atoms with Crippen molar-refractivity contribution >= 4 is 16.0 Å². The minimum absolute atomic E-state index is 0.118. The third-order valence-corrected chi connectivity index (χ3v) is 3.67. The molecule has 0 fully saturated rings. The van der Waals surface area contributed by atoms with Crippen LogP contribution in [0.3, 0.4) is 0 Å². The highest BCUT2D eigenvalue weighted by molar-refractivity contribution is 7.89. The van der Waals surface area contributed by atoms with E-state index in [-0.39, 0.29) is 28.3 Å². The molecule has 0 spiro atoms. The lowest BCUT2D eigenvalue weighted by atomic mass is 10.1. The number of esters is 1. The first kappa shape index (κ1) is 14.7. The predicted molar refractivity (Wildman–Crippen MR) is 64.4 cm³/mol. The molecule has 0 saturated heterocycles. The van der Waals surface area contributed by atoms with Gasteiger partial charge in [-0.2, -0.15) is 5.10 Å². The number of carbonyl (C=O) groups is 1. The lowest BCUT2D eigenvalue weighted by Crippen LogP contribution is -2.23. The summed E-state index contributed by atoms with van der Waals surface area (Å²) < 4.78 is 27.8. The van der Waals surface area contributed by atoms with Gasteiger partial charge in [-0.15, -0.1) is 0 Å². The Bertz CT molecular complexity index is 547. The smallest absolute Gasteiger partial charge is 0.360 e. The molecule has 8 heteroatoms. The van der Waals surface area contributed by atoms with E-state index in [0.29, 0.717) is 0 Å². The van der Waals surface area contributed by atoms with E-state index < -0.39 is 16.0 Å². The Labute approximate surface area is 106 Å². The van der Waals surface area contributed by atoms with Gasteiger partial charge in [-0.25, -0.2) is 18.4 Å². The van der Waals surface area contributed by atoms with Gasteiger partial charge >= 0.3 is 5.97 Å². The van der Waals surface area contributed by atoms with Gasteiger partial charge in [0.05, 0.1) is 5.69 Å². The van der Waals surface area contributed by atoms with Crippen LogP contribution in [-0.2, 0) is 14.8 Å². The van der Waals surface area contributed by atoms with Crippen molar-refractivity contribution in [3.63, 3.8) is 0 Å². The monoisotopic (exact) mass is 275 g/mol. The van der Waals surface area contributed by atoms with Crippen molar-refractivity contribution < 1.29 is 17.9 Å². The molecule has 0 bridgehead atoms. The molecule has 0 aromatic carbocycles. The third-order valence-electron chi connectivity index (χ3n) is 2.60. The zero-order valence-corrected chi connectivity index (χ0v) is 11.5. The molecular formula is C10H17N3O4S. The van der Waals surface area contributed by atoms with Crippen LogP contribution in [0.5, 0.6) is 0 Å². The highest BCUT2D eigenvalue weighted by atomic mass is 32.2. The fraction of sp³-hybridized carbons (Fsp3) is 0.600. The van der Waals surface area contributed by atoms with Gasteiger partial charge in [0, 0.05) is 0 Å². The number of hydrogen-bond donors (Lipinski definition) is 2. The second-order valence-corrected chi connectivity index (χ2v) is 5.92. The summed E-state index contributed by atoms with van der Waals surface area (Å²) in [7, 11) is -4.02. The highest BCUT2D eigenvalue weighted by Gasteiger charge is 2.28. The topological polar surface area (TPSA) is 115 Å². The fourth-order valence-electron chi connectivity index (χ4n) is 1.27. The van der Waals surface area contributed by atoms with Crippen LogP contribution in [0.1, 0.15) is 37.0 Å². The minimum atomic E-state index is -4.02. The van der Waals surface area contributed by atoms with Crippen LogP contribution in [0.2, 0.25) is 0 Å². The maximum Gasteiger partial charge on any atom is 0.360 e. The number of ether oxygens (including phenoxy) is 1. The third kappa shape index (κ3) is 3.08. The normalized spacial score (nSPS) is 13.7. The summed E-state index contributed by atoms with van der Waals surface area (Å²) in [6.07, 6.45) is -0.345. The molecule has 3 N–H and O–H groups in total. The Morgan fingerprint density at radius 3 is 2.39 bits per heavy atom. The van der Waals surface area contributed by atoms with E-state index in [1.165, 1.54) is 6.92 Å². The van der Waals surface area contributed by atoms with Crippen molar-refractivity contribution in [1.29, 1.82) is 0 Å². The number of carbonyl (C=O) groups excluding carboxylic acids is 1. The average molecular weight is 275 g/mol. The van der Waals surface area contributed by atoms with E-state index in [1.807, 2.05) is 13.8 Å². The van der Waals surface area contributed by atoms with Gasteiger partial charge in [0.15, 0.2) is 5.69 Å². The van der Waals surface area contributed by atoms with Gasteiger partial charge in [-0.05, 0) is 19.8 Å². The van der Waals surface area contributed by atoms with Crippen LogP contribution < -0.4 is 5.14 Å². The summed E-state index contributed by atoms with van der Waals surface area (Å²) in [5, 5.41) is 11.1. The van der Waals surface area contributed by atoms with Crippen LogP contribution >= 0.6 is 0 Å². The standard InChI is InChI=1S/C10H17N3O4S/c1-5(2)7(4)17-10(14)8-9(18(11,15)16)6(3)12-13-8/h5,7H,1-4H3,(H,12,13)(H2,11,15,16). The molecule has 0 amide bonds. The SMILES string of the molecule is Cc1[nH]nc(C(=O)OC(C)C(C)C)c1S(N)(=O)=O. The Morgan fingerprint density at radius 2 is 1.94 bits per heavy atom. The molecule has 18 heavy (non-hydrogen) atoms. The maximum atomic E-state index is 11.8. The largest absolute Gasteiger partial charge is 0.458 e. The lowest BCUT2D eigenvalue weighted by molar-refractivity contribution is 0.0226.